The number of amides is 1. The quantitative estimate of drug-likeness (QED) is 0.657. The van der Waals surface area contributed by atoms with Gasteiger partial charge in [-0.15, -0.1) is 11.3 Å². The molecule has 0 radical (unpaired) electrons. The van der Waals surface area contributed by atoms with Crippen LogP contribution in [-0.2, 0) is 4.79 Å². The molecule has 0 bridgehead atoms. The molecule has 1 N–H and O–H groups in total. The minimum absolute atomic E-state index is 0.0266. The van der Waals surface area contributed by atoms with E-state index in [9.17, 15) is 4.79 Å². The van der Waals surface area contributed by atoms with Crippen molar-refractivity contribution in [1.29, 1.82) is 0 Å². The summed E-state index contributed by atoms with van der Waals surface area (Å²) in [6.07, 6.45) is 5.43. The Morgan fingerprint density at radius 2 is 2.04 bits per heavy atom. The molecule has 0 atom stereocenters. The van der Waals surface area contributed by atoms with Crippen LogP contribution in [0.3, 0.4) is 0 Å². The third-order valence-corrected chi connectivity index (χ3v) is 4.66. The number of carbonyl (C=O) groups is 1. The van der Waals surface area contributed by atoms with Gasteiger partial charge in [-0.1, -0.05) is 31.9 Å². The Labute approximate surface area is 139 Å². The molecule has 0 saturated heterocycles. The predicted molar refractivity (Wildman–Crippen MR) is 95.6 cm³/mol. The molecule has 0 aliphatic heterocycles. The molecule has 0 aliphatic rings. The average Bonchev–Trinajstić information content (AvgIpc) is 3.00. The number of pyridine rings is 1. The molecule has 0 fully saturated rings. The molecule has 0 saturated carbocycles. The Kier molecular flexibility index (Phi) is 4.98. The molecule has 23 heavy (non-hydrogen) atoms. The minimum Gasteiger partial charge on any atom is -0.311 e. The van der Waals surface area contributed by atoms with Gasteiger partial charge in [-0.05, 0) is 30.7 Å². The van der Waals surface area contributed by atoms with Crippen molar-refractivity contribution in [3.8, 4) is 10.6 Å². The number of nitrogens with one attached hydrogen (secondary N) is 1. The Morgan fingerprint density at radius 1 is 1.17 bits per heavy atom. The summed E-state index contributed by atoms with van der Waals surface area (Å²) in [5.74, 6) is 0.620. The first kappa shape index (κ1) is 15.6. The lowest BCUT2D eigenvalue weighted by Gasteiger charge is -2.04. The van der Waals surface area contributed by atoms with Crippen LogP contribution in [-0.4, -0.2) is 15.9 Å². The molecule has 0 aliphatic carbocycles. The monoisotopic (exact) mass is 325 g/mol. The largest absolute Gasteiger partial charge is 0.311 e. The number of thiazole rings is 1. The Morgan fingerprint density at radius 3 is 2.78 bits per heavy atom. The number of unbranched alkanes of at least 4 members (excludes halogenated alkanes) is 2. The molecule has 4 nitrogen and oxygen atoms in total. The van der Waals surface area contributed by atoms with Crippen LogP contribution in [0, 0.1) is 0 Å². The maximum absolute atomic E-state index is 11.8. The molecule has 3 aromatic rings. The first-order chi connectivity index (χ1) is 11.3. The van der Waals surface area contributed by atoms with Crippen molar-refractivity contribution in [2.75, 3.05) is 5.32 Å². The molecule has 1 amide bonds. The molecule has 3 rings (SSSR count). The lowest BCUT2D eigenvalue weighted by Crippen LogP contribution is -2.12. The normalized spacial score (nSPS) is 10.8. The van der Waals surface area contributed by atoms with Crippen LogP contribution in [0.4, 0.5) is 5.82 Å². The Hall–Kier alpha value is -2.27. The standard InChI is InChI=1S/C18H19N3OS/c1-2-3-4-9-17(22)21-16-11-10-13(12-19-16)18-20-14-7-5-6-8-15(14)23-18/h5-8,10-12H,2-4,9H2,1H3,(H,19,21,22). The van der Waals surface area contributed by atoms with E-state index in [0.717, 1.165) is 40.1 Å². The third-order valence-electron chi connectivity index (χ3n) is 3.58. The summed E-state index contributed by atoms with van der Waals surface area (Å²) < 4.78 is 1.16. The van der Waals surface area contributed by atoms with Crippen molar-refractivity contribution in [2.45, 2.75) is 32.6 Å². The van der Waals surface area contributed by atoms with Crippen molar-refractivity contribution in [3.05, 3.63) is 42.6 Å². The number of hydrogen-bond donors (Lipinski definition) is 1. The van der Waals surface area contributed by atoms with Gasteiger partial charge in [-0.2, -0.15) is 0 Å². The summed E-state index contributed by atoms with van der Waals surface area (Å²) in [5, 5.41) is 3.78. The summed E-state index contributed by atoms with van der Waals surface area (Å²) in [6.45, 7) is 2.13. The smallest absolute Gasteiger partial charge is 0.225 e. The summed E-state index contributed by atoms with van der Waals surface area (Å²) in [4.78, 5) is 20.7. The maximum atomic E-state index is 11.8. The van der Waals surface area contributed by atoms with Crippen molar-refractivity contribution in [3.63, 3.8) is 0 Å². The molecular formula is C18H19N3OS. The van der Waals surface area contributed by atoms with Crippen LogP contribution in [0.1, 0.15) is 32.6 Å². The number of rotatable bonds is 6. The predicted octanol–water partition coefficient (Wildman–Crippen LogP) is 4.88. The SMILES string of the molecule is CCCCCC(=O)Nc1ccc(-c2nc3ccccc3s2)cn1. The minimum atomic E-state index is 0.0266. The summed E-state index contributed by atoms with van der Waals surface area (Å²) in [6, 6.07) is 11.9. The zero-order valence-corrected chi connectivity index (χ0v) is 13.9. The van der Waals surface area contributed by atoms with Crippen LogP contribution in [0.2, 0.25) is 0 Å². The third kappa shape index (κ3) is 3.93. The number of para-hydroxylation sites is 1. The number of fused-ring (bicyclic) bond motifs is 1. The molecule has 0 spiro atoms. The fourth-order valence-electron chi connectivity index (χ4n) is 2.33. The zero-order chi connectivity index (χ0) is 16.1. The van der Waals surface area contributed by atoms with E-state index in [0.29, 0.717) is 12.2 Å². The topological polar surface area (TPSA) is 54.9 Å². The first-order valence-electron chi connectivity index (χ1n) is 7.88. The van der Waals surface area contributed by atoms with E-state index in [2.05, 4.69) is 28.3 Å². The average molecular weight is 325 g/mol. The van der Waals surface area contributed by atoms with Crippen molar-refractivity contribution < 1.29 is 4.79 Å². The van der Waals surface area contributed by atoms with E-state index in [1.807, 2.05) is 30.3 Å². The fraction of sp³-hybridized carbons (Fsp3) is 0.278. The second-order valence-electron chi connectivity index (χ2n) is 5.42. The highest BCUT2D eigenvalue weighted by atomic mass is 32.1. The zero-order valence-electron chi connectivity index (χ0n) is 13.1. The van der Waals surface area contributed by atoms with Gasteiger partial charge in [0.1, 0.15) is 10.8 Å². The molecular weight excluding hydrogens is 306 g/mol. The number of benzene rings is 1. The molecule has 0 unspecified atom stereocenters. The molecule has 1 aromatic carbocycles. The van der Waals surface area contributed by atoms with Crippen LogP contribution in [0.15, 0.2) is 42.6 Å². The molecule has 5 heteroatoms. The van der Waals surface area contributed by atoms with Gasteiger partial charge in [0.25, 0.3) is 0 Å². The van der Waals surface area contributed by atoms with E-state index in [-0.39, 0.29) is 5.91 Å². The van der Waals surface area contributed by atoms with Gasteiger partial charge in [0.05, 0.1) is 10.2 Å². The van der Waals surface area contributed by atoms with Crippen LogP contribution >= 0.6 is 11.3 Å². The van der Waals surface area contributed by atoms with E-state index in [1.54, 1.807) is 17.5 Å². The lowest BCUT2D eigenvalue weighted by atomic mass is 10.2. The van der Waals surface area contributed by atoms with Gasteiger partial charge in [0, 0.05) is 18.2 Å². The molecule has 2 aromatic heterocycles. The number of anilines is 1. The number of aromatic nitrogens is 2. The second kappa shape index (κ2) is 7.33. The van der Waals surface area contributed by atoms with Crippen molar-refractivity contribution >= 4 is 33.3 Å². The summed E-state index contributed by atoms with van der Waals surface area (Å²) in [7, 11) is 0. The summed E-state index contributed by atoms with van der Waals surface area (Å²) in [5.41, 5.74) is 1.97. The lowest BCUT2D eigenvalue weighted by molar-refractivity contribution is -0.116. The van der Waals surface area contributed by atoms with Crippen LogP contribution in [0.5, 0.6) is 0 Å². The van der Waals surface area contributed by atoms with Gasteiger partial charge < -0.3 is 5.32 Å². The maximum Gasteiger partial charge on any atom is 0.225 e. The summed E-state index contributed by atoms with van der Waals surface area (Å²) >= 11 is 1.65. The van der Waals surface area contributed by atoms with Crippen molar-refractivity contribution in [1.82, 2.24) is 9.97 Å². The van der Waals surface area contributed by atoms with E-state index in [1.165, 1.54) is 0 Å². The first-order valence-corrected chi connectivity index (χ1v) is 8.70. The Bertz CT molecular complexity index is 762. The van der Waals surface area contributed by atoms with Crippen LogP contribution < -0.4 is 5.32 Å². The van der Waals surface area contributed by atoms with Gasteiger partial charge >= 0.3 is 0 Å². The van der Waals surface area contributed by atoms with Gasteiger partial charge in [-0.3, -0.25) is 4.79 Å². The highest BCUT2D eigenvalue weighted by Crippen LogP contribution is 2.29. The molecule has 118 valence electrons. The number of nitrogens with zero attached hydrogens (tertiary/aromatic N) is 2. The number of hydrogen-bond acceptors (Lipinski definition) is 4. The molecule has 2 heterocycles. The van der Waals surface area contributed by atoms with E-state index >= 15 is 0 Å². The van der Waals surface area contributed by atoms with Gasteiger partial charge in [0.15, 0.2) is 0 Å². The van der Waals surface area contributed by atoms with E-state index in [4.69, 9.17) is 0 Å². The highest BCUT2D eigenvalue weighted by Gasteiger charge is 2.07. The number of carbonyl (C=O) groups excluding carboxylic acids is 1. The van der Waals surface area contributed by atoms with Crippen LogP contribution in [0.25, 0.3) is 20.8 Å². The highest BCUT2D eigenvalue weighted by molar-refractivity contribution is 7.21. The second-order valence-corrected chi connectivity index (χ2v) is 6.45. The van der Waals surface area contributed by atoms with Gasteiger partial charge in [0.2, 0.25) is 5.91 Å². The van der Waals surface area contributed by atoms with Crippen molar-refractivity contribution in [2.24, 2.45) is 0 Å². The van der Waals surface area contributed by atoms with Gasteiger partial charge in [-0.25, -0.2) is 9.97 Å². The van der Waals surface area contributed by atoms with E-state index < -0.39 is 0 Å². The Balaban J connectivity index is 1.68. The fourth-order valence-corrected chi connectivity index (χ4v) is 3.29.